The van der Waals surface area contributed by atoms with E-state index in [4.69, 9.17) is 0 Å². The Morgan fingerprint density at radius 3 is 2.50 bits per heavy atom. The summed E-state index contributed by atoms with van der Waals surface area (Å²) in [5.41, 5.74) is 0.791. The largest absolute Gasteiger partial charge is 0.467 e. The Hall–Kier alpha value is -2.21. The number of esters is 1. The fraction of sp³-hybridized carbons (Fsp3) is 0.250. The molecule has 96 valence electrons. The summed E-state index contributed by atoms with van der Waals surface area (Å²) in [5.74, 6) is -1.26. The van der Waals surface area contributed by atoms with Crippen molar-refractivity contribution >= 4 is 18.2 Å². The lowest BCUT2D eigenvalue weighted by Crippen LogP contribution is -2.37. The summed E-state index contributed by atoms with van der Waals surface area (Å²) in [6.07, 6.45) is -0.726. The molecule has 1 unspecified atom stereocenters. The molecule has 18 heavy (non-hydrogen) atoms. The van der Waals surface area contributed by atoms with Crippen molar-refractivity contribution in [2.24, 2.45) is 0 Å². The second-order valence-corrected chi connectivity index (χ2v) is 3.49. The first-order chi connectivity index (χ1) is 8.58. The maximum Gasteiger partial charge on any atom is 0.336 e. The highest BCUT2D eigenvalue weighted by Gasteiger charge is 2.16. The molecule has 0 saturated heterocycles. The Balaban J connectivity index is 2.54. The summed E-state index contributed by atoms with van der Waals surface area (Å²) in [7, 11) is 1.14. The van der Waals surface area contributed by atoms with E-state index < -0.39 is 18.0 Å². The van der Waals surface area contributed by atoms with Crippen molar-refractivity contribution in [3.63, 3.8) is 0 Å². The van der Waals surface area contributed by atoms with Gasteiger partial charge in [-0.2, -0.15) is 0 Å². The molecule has 0 aliphatic heterocycles. The van der Waals surface area contributed by atoms with Gasteiger partial charge < -0.3 is 15.2 Å². The lowest BCUT2D eigenvalue weighted by atomic mass is 10.1. The van der Waals surface area contributed by atoms with E-state index in [9.17, 15) is 19.5 Å². The van der Waals surface area contributed by atoms with E-state index in [0.717, 1.165) is 7.11 Å². The van der Waals surface area contributed by atoms with E-state index in [1.165, 1.54) is 24.3 Å². The topological polar surface area (TPSA) is 92.7 Å². The summed E-state index contributed by atoms with van der Waals surface area (Å²) in [6, 6.07) is 5.95. The minimum atomic E-state index is -1.40. The lowest BCUT2D eigenvalue weighted by molar-refractivity contribution is -0.149. The minimum Gasteiger partial charge on any atom is -0.467 e. The van der Waals surface area contributed by atoms with Crippen molar-refractivity contribution in [3.8, 4) is 0 Å². The number of aliphatic hydroxyl groups excluding tert-OH is 1. The maximum absolute atomic E-state index is 11.6. The van der Waals surface area contributed by atoms with Gasteiger partial charge in [0.2, 0.25) is 0 Å². The van der Waals surface area contributed by atoms with Crippen molar-refractivity contribution in [1.82, 2.24) is 5.32 Å². The highest BCUT2D eigenvalue weighted by molar-refractivity contribution is 5.95. The van der Waals surface area contributed by atoms with Crippen LogP contribution in [-0.2, 0) is 9.53 Å². The Morgan fingerprint density at radius 2 is 2.00 bits per heavy atom. The molecule has 2 N–H and O–H groups in total. The van der Waals surface area contributed by atoms with Crippen LogP contribution in [0.15, 0.2) is 24.3 Å². The first-order valence-corrected chi connectivity index (χ1v) is 5.18. The van der Waals surface area contributed by atoms with Crippen LogP contribution in [-0.4, -0.2) is 43.0 Å². The Labute approximate surface area is 104 Å². The molecule has 0 aromatic heterocycles. The second kappa shape index (κ2) is 6.51. The van der Waals surface area contributed by atoms with Crippen LogP contribution in [0.2, 0.25) is 0 Å². The molecular weight excluding hydrogens is 238 g/mol. The van der Waals surface area contributed by atoms with Crippen molar-refractivity contribution in [1.29, 1.82) is 0 Å². The predicted molar refractivity (Wildman–Crippen MR) is 62.2 cm³/mol. The monoisotopic (exact) mass is 251 g/mol. The van der Waals surface area contributed by atoms with Crippen LogP contribution in [0.1, 0.15) is 20.7 Å². The van der Waals surface area contributed by atoms with Crippen LogP contribution in [0.4, 0.5) is 0 Å². The quantitative estimate of drug-likeness (QED) is 0.556. The van der Waals surface area contributed by atoms with Gasteiger partial charge in [0.05, 0.1) is 13.7 Å². The number of carbonyl (C=O) groups is 3. The number of nitrogens with one attached hydrogen (secondary N) is 1. The molecule has 0 saturated carbocycles. The van der Waals surface area contributed by atoms with E-state index in [0.29, 0.717) is 17.4 Å². The molecule has 0 heterocycles. The summed E-state index contributed by atoms with van der Waals surface area (Å²) in [4.78, 5) is 32.9. The number of aldehydes is 1. The predicted octanol–water partition coefficient (Wildman–Crippen LogP) is -0.237. The molecule has 1 aromatic carbocycles. The summed E-state index contributed by atoms with van der Waals surface area (Å²) in [5, 5.41) is 11.6. The van der Waals surface area contributed by atoms with Gasteiger partial charge in [0.15, 0.2) is 6.10 Å². The zero-order valence-electron chi connectivity index (χ0n) is 9.75. The molecule has 0 spiro atoms. The van der Waals surface area contributed by atoms with Gasteiger partial charge in [-0.1, -0.05) is 12.1 Å². The van der Waals surface area contributed by atoms with Crippen LogP contribution >= 0.6 is 0 Å². The molecule has 1 amide bonds. The molecule has 0 radical (unpaired) electrons. The van der Waals surface area contributed by atoms with Crippen LogP contribution in [0.3, 0.4) is 0 Å². The number of hydrogen-bond acceptors (Lipinski definition) is 5. The van der Waals surface area contributed by atoms with Gasteiger partial charge in [-0.05, 0) is 12.1 Å². The third kappa shape index (κ3) is 3.67. The molecule has 0 bridgehead atoms. The first-order valence-electron chi connectivity index (χ1n) is 5.18. The molecule has 0 fully saturated rings. The van der Waals surface area contributed by atoms with E-state index in [1.54, 1.807) is 0 Å². The zero-order valence-corrected chi connectivity index (χ0v) is 9.75. The third-order valence-electron chi connectivity index (χ3n) is 2.24. The number of aliphatic hydroxyl groups is 1. The number of rotatable bonds is 5. The van der Waals surface area contributed by atoms with E-state index in [2.05, 4.69) is 10.1 Å². The van der Waals surface area contributed by atoms with E-state index in [1.807, 2.05) is 0 Å². The highest BCUT2D eigenvalue weighted by Crippen LogP contribution is 2.02. The minimum absolute atomic E-state index is 0.235. The molecule has 6 nitrogen and oxygen atoms in total. The van der Waals surface area contributed by atoms with Crippen molar-refractivity contribution < 1.29 is 24.2 Å². The first kappa shape index (κ1) is 13.9. The number of carbonyl (C=O) groups excluding carboxylic acids is 3. The fourth-order valence-electron chi connectivity index (χ4n) is 1.22. The van der Waals surface area contributed by atoms with Crippen LogP contribution in [0.5, 0.6) is 0 Å². The van der Waals surface area contributed by atoms with Crippen molar-refractivity contribution in [2.75, 3.05) is 13.7 Å². The Bertz CT molecular complexity index is 440. The molecule has 6 heteroatoms. The normalized spacial score (nSPS) is 11.4. The number of benzene rings is 1. The SMILES string of the molecule is COC(=O)C(O)CNC(=O)c1ccc(C=O)cc1. The number of amides is 1. The highest BCUT2D eigenvalue weighted by atomic mass is 16.5. The third-order valence-corrected chi connectivity index (χ3v) is 2.24. The zero-order chi connectivity index (χ0) is 13.5. The van der Waals surface area contributed by atoms with Crippen LogP contribution in [0.25, 0.3) is 0 Å². The van der Waals surface area contributed by atoms with Crippen molar-refractivity contribution in [3.05, 3.63) is 35.4 Å². The molecule has 1 aromatic rings. The maximum atomic E-state index is 11.6. The van der Waals surface area contributed by atoms with E-state index in [-0.39, 0.29) is 6.54 Å². The second-order valence-electron chi connectivity index (χ2n) is 3.49. The molecule has 0 aliphatic rings. The van der Waals surface area contributed by atoms with Gasteiger partial charge in [0.1, 0.15) is 6.29 Å². The Kier molecular flexibility index (Phi) is 5.01. The van der Waals surface area contributed by atoms with Gasteiger partial charge in [-0.3, -0.25) is 9.59 Å². The summed E-state index contributed by atoms with van der Waals surface area (Å²) < 4.78 is 4.30. The average molecular weight is 251 g/mol. The molecule has 0 aliphatic carbocycles. The fourth-order valence-corrected chi connectivity index (χ4v) is 1.22. The van der Waals surface area contributed by atoms with Gasteiger partial charge >= 0.3 is 5.97 Å². The average Bonchev–Trinajstić information content (AvgIpc) is 2.43. The van der Waals surface area contributed by atoms with Gasteiger partial charge in [-0.25, -0.2) is 4.79 Å². The van der Waals surface area contributed by atoms with Gasteiger partial charge in [-0.15, -0.1) is 0 Å². The van der Waals surface area contributed by atoms with Crippen LogP contribution in [0, 0.1) is 0 Å². The lowest BCUT2D eigenvalue weighted by Gasteiger charge is -2.09. The van der Waals surface area contributed by atoms with E-state index >= 15 is 0 Å². The smallest absolute Gasteiger partial charge is 0.336 e. The van der Waals surface area contributed by atoms with Crippen LogP contribution < -0.4 is 5.32 Å². The number of methoxy groups -OCH3 is 1. The Morgan fingerprint density at radius 1 is 1.39 bits per heavy atom. The van der Waals surface area contributed by atoms with Gasteiger partial charge in [0.25, 0.3) is 5.91 Å². The van der Waals surface area contributed by atoms with Gasteiger partial charge in [0, 0.05) is 11.1 Å². The number of hydrogen-bond donors (Lipinski definition) is 2. The summed E-state index contributed by atoms with van der Waals surface area (Å²) >= 11 is 0. The summed E-state index contributed by atoms with van der Waals surface area (Å²) in [6.45, 7) is -0.235. The molecule has 1 atom stereocenters. The number of ether oxygens (including phenoxy) is 1. The standard InChI is InChI=1S/C12H13NO5/c1-18-12(17)10(15)6-13-11(16)9-4-2-8(7-14)3-5-9/h2-5,7,10,15H,6H2,1H3,(H,13,16). The van der Waals surface area contributed by atoms with Crippen molar-refractivity contribution in [2.45, 2.75) is 6.10 Å². The molecular formula is C12H13NO5. The molecule has 1 rings (SSSR count).